The van der Waals surface area contributed by atoms with Crippen molar-refractivity contribution in [3.63, 3.8) is 0 Å². The number of benzene rings is 2. The summed E-state index contributed by atoms with van der Waals surface area (Å²) in [5, 5.41) is 10.8. The van der Waals surface area contributed by atoms with Crippen LogP contribution >= 0.6 is 34.8 Å². The molecule has 7 heteroatoms. The molecule has 0 radical (unpaired) electrons. The van der Waals surface area contributed by atoms with Crippen LogP contribution in [0.5, 0.6) is 17.2 Å². The van der Waals surface area contributed by atoms with Crippen molar-refractivity contribution in [2.45, 2.75) is 6.92 Å². The number of ether oxygens (including phenoxy) is 1. The molecule has 2 aromatic carbocycles. The molecule has 1 N–H and O–H groups in total. The molecule has 0 atom stereocenters. The highest BCUT2D eigenvalue weighted by molar-refractivity contribution is 6.37. The van der Waals surface area contributed by atoms with Gasteiger partial charge < -0.3 is 14.3 Å². The molecule has 3 rings (SSSR count). The van der Waals surface area contributed by atoms with Gasteiger partial charge in [-0.2, -0.15) is 0 Å². The van der Waals surface area contributed by atoms with Crippen molar-refractivity contribution in [3.8, 4) is 17.2 Å². The van der Waals surface area contributed by atoms with Gasteiger partial charge >= 0.3 is 5.63 Å². The molecule has 3 aromatic rings. The van der Waals surface area contributed by atoms with E-state index in [-0.39, 0.29) is 37.9 Å². The number of aryl methyl sites for hydroxylation is 1. The van der Waals surface area contributed by atoms with Gasteiger partial charge in [-0.15, -0.1) is 0 Å². The molecule has 0 aliphatic carbocycles. The highest BCUT2D eigenvalue weighted by atomic mass is 35.5. The summed E-state index contributed by atoms with van der Waals surface area (Å²) >= 11 is 18.0. The van der Waals surface area contributed by atoms with Gasteiger partial charge in [0.2, 0.25) is 5.75 Å². The van der Waals surface area contributed by atoms with Crippen LogP contribution in [0, 0.1) is 6.92 Å². The summed E-state index contributed by atoms with van der Waals surface area (Å²) in [6.07, 6.45) is 0. The fourth-order valence-electron chi connectivity index (χ4n) is 2.14. The van der Waals surface area contributed by atoms with Gasteiger partial charge in [0, 0.05) is 17.0 Å². The second-order valence-electron chi connectivity index (χ2n) is 4.80. The Kier molecular flexibility index (Phi) is 4.15. The average Bonchev–Trinajstić information content (AvgIpc) is 2.48. The summed E-state index contributed by atoms with van der Waals surface area (Å²) in [4.78, 5) is 12.2. The predicted octanol–water partition coefficient (Wildman–Crippen LogP) is 5.56. The predicted molar refractivity (Wildman–Crippen MR) is 90.4 cm³/mol. The van der Waals surface area contributed by atoms with Gasteiger partial charge in [0.25, 0.3) is 0 Å². The molecule has 0 saturated carbocycles. The zero-order valence-electron chi connectivity index (χ0n) is 11.7. The molecule has 0 spiro atoms. The van der Waals surface area contributed by atoms with E-state index in [1.807, 2.05) is 0 Å². The molecule has 1 aromatic heterocycles. The zero-order valence-corrected chi connectivity index (χ0v) is 14.0. The molecule has 0 unspecified atom stereocenters. The van der Waals surface area contributed by atoms with E-state index >= 15 is 0 Å². The van der Waals surface area contributed by atoms with E-state index in [1.54, 1.807) is 25.1 Å². The van der Waals surface area contributed by atoms with Crippen molar-refractivity contribution in [3.05, 3.63) is 61.4 Å². The second kappa shape index (κ2) is 5.96. The lowest BCUT2D eigenvalue weighted by atomic mass is 10.1. The highest BCUT2D eigenvalue weighted by Gasteiger charge is 2.18. The smallest absolute Gasteiger partial charge is 0.379 e. The van der Waals surface area contributed by atoms with E-state index in [4.69, 9.17) is 44.0 Å². The van der Waals surface area contributed by atoms with Gasteiger partial charge in [-0.1, -0.05) is 40.9 Å². The van der Waals surface area contributed by atoms with Gasteiger partial charge in [0.15, 0.2) is 5.75 Å². The number of hydrogen-bond donors (Lipinski definition) is 1. The quantitative estimate of drug-likeness (QED) is 0.599. The second-order valence-corrected chi connectivity index (χ2v) is 6.02. The molecule has 0 aliphatic rings. The molecule has 23 heavy (non-hydrogen) atoms. The third-order valence-electron chi connectivity index (χ3n) is 3.30. The minimum atomic E-state index is -0.715. The number of phenols is 1. The summed E-state index contributed by atoms with van der Waals surface area (Å²) in [6.45, 7) is 1.67. The van der Waals surface area contributed by atoms with E-state index in [9.17, 15) is 9.90 Å². The van der Waals surface area contributed by atoms with Crippen molar-refractivity contribution in [1.29, 1.82) is 0 Å². The monoisotopic (exact) mass is 370 g/mol. The topological polar surface area (TPSA) is 59.7 Å². The number of phenolic OH excluding ortho intramolecular Hbond substituents is 1. The Balaban J connectivity index is 2.22. The molecule has 0 saturated heterocycles. The van der Waals surface area contributed by atoms with Crippen molar-refractivity contribution in [2.24, 2.45) is 0 Å². The summed E-state index contributed by atoms with van der Waals surface area (Å²) < 4.78 is 10.8. The number of halogens is 3. The maximum absolute atomic E-state index is 12.2. The highest BCUT2D eigenvalue weighted by Crippen LogP contribution is 2.38. The fraction of sp³-hybridized carbons (Fsp3) is 0.0625. The number of rotatable bonds is 2. The fourth-order valence-corrected chi connectivity index (χ4v) is 2.78. The van der Waals surface area contributed by atoms with Gasteiger partial charge in [-0.25, -0.2) is 4.79 Å². The summed E-state index contributed by atoms with van der Waals surface area (Å²) in [5.41, 5.74) is -0.0196. The van der Waals surface area contributed by atoms with Crippen LogP contribution in [-0.4, -0.2) is 5.11 Å². The van der Waals surface area contributed by atoms with Crippen molar-refractivity contribution in [1.82, 2.24) is 0 Å². The third-order valence-corrected chi connectivity index (χ3v) is 4.20. The SMILES string of the molecule is Cc1c(Oc2c(Cl)cccc2Cl)c(=O)oc2cc(O)c(Cl)cc12. The summed E-state index contributed by atoms with van der Waals surface area (Å²) in [5.74, 6) is -0.0609. The van der Waals surface area contributed by atoms with Crippen LogP contribution in [0.4, 0.5) is 0 Å². The minimum Gasteiger partial charge on any atom is -0.506 e. The normalized spacial score (nSPS) is 11.0. The first-order chi connectivity index (χ1) is 10.9. The first-order valence-electron chi connectivity index (χ1n) is 6.46. The number of hydrogen-bond acceptors (Lipinski definition) is 4. The minimum absolute atomic E-state index is 0.0470. The van der Waals surface area contributed by atoms with Crippen molar-refractivity contribution < 1.29 is 14.3 Å². The van der Waals surface area contributed by atoms with Crippen molar-refractivity contribution in [2.75, 3.05) is 0 Å². The lowest BCUT2D eigenvalue weighted by Crippen LogP contribution is -2.06. The number of aromatic hydroxyl groups is 1. The molecule has 0 bridgehead atoms. The summed E-state index contributed by atoms with van der Waals surface area (Å²) in [6, 6.07) is 7.62. The molecular formula is C16H9Cl3O4. The van der Waals surface area contributed by atoms with Crippen LogP contribution in [0.15, 0.2) is 39.5 Å². The standard InChI is InChI=1S/C16H9Cl3O4/c1-7-8-5-11(19)12(20)6-13(8)22-16(21)14(7)23-15-9(17)3-2-4-10(15)18/h2-6,20H,1H3. The lowest BCUT2D eigenvalue weighted by Gasteiger charge is -2.12. The van der Waals surface area contributed by atoms with Crippen LogP contribution in [0.2, 0.25) is 15.1 Å². The largest absolute Gasteiger partial charge is 0.506 e. The van der Waals surface area contributed by atoms with Gasteiger partial charge in [-0.05, 0) is 25.1 Å². The van der Waals surface area contributed by atoms with E-state index < -0.39 is 5.63 Å². The number of fused-ring (bicyclic) bond motifs is 1. The van der Waals surface area contributed by atoms with Gasteiger partial charge in [0.1, 0.15) is 11.3 Å². The van der Waals surface area contributed by atoms with E-state index in [2.05, 4.69) is 0 Å². The maximum atomic E-state index is 12.2. The number of para-hydroxylation sites is 1. The Labute approximate surface area is 145 Å². The Morgan fingerprint density at radius 2 is 1.70 bits per heavy atom. The van der Waals surface area contributed by atoms with Crippen LogP contribution in [0.25, 0.3) is 11.0 Å². The van der Waals surface area contributed by atoms with Crippen LogP contribution in [0.1, 0.15) is 5.56 Å². The molecule has 0 aliphatic heterocycles. The Morgan fingerprint density at radius 3 is 2.35 bits per heavy atom. The molecule has 0 amide bonds. The molecule has 0 fully saturated rings. The van der Waals surface area contributed by atoms with E-state index in [0.29, 0.717) is 10.9 Å². The van der Waals surface area contributed by atoms with E-state index in [0.717, 1.165) is 0 Å². The zero-order chi connectivity index (χ0) is 16.7. The molecular weight excluding hydrogens is 363 g/mol. The van der Waals surface area contributed by atoms with Crippen molar-refractivity contribution >= 4 is 45.8 Å². The van der Waals surface area contributed by atoms with E-state index in [1.165, 1.54) is 12.1 Å². The molecule has 1 heterocycles. The maximum Gasteiger partial charge on any atom is 0.379 e. The van der Waals surface area contributed by atoms with Gasteiger partial charge in [-0.3, -0.25) is 0 Å². The van der Waals surface area contributed by atoms with Gasteiger partial charge in [0.05, 0.1) is 15.1 Å². The van der Waals surface area contributed by atoms with Crippen LogP contribution in [0.3, 0.4) is 0 Å². The third kappa shape index (κ3) is 2.85. The Bertz CT molecular complexity index is 959. The Morgan fingerprint density at radius 1 is 1.04 bits per heavy atom. The molecule has 4 nitrogen and oxygen atoms in total. The first kappa shape index (κ1) is 16.0. The lowest BCUT2D eigenvalue weighted by molar-refractivity contribution is 0.432. The van der Waals surface area contributed by atoms with Crippen LogP contribution in [-0.2, 0) is 0 Å². The Hall–Kier alpha value is -1.88. The van der Waals surface area contributed by atoms with Crippen LogP contribution < -0.4 is 10.4 Å². The molecule has 118 valence electrons. The average molecular weight is 372 g/mol. The summed E-state index contributed by atoms with van der Waals surface area (Å²) in [7, 11) is 0. The first-order valence-corrected chi connectivity index (χ1v) is 7.59.